The lowest BCUT2D eigenvalue weighted by Crippen LogP contribution is -2.39. The smallest absolute Gasteiger partial charge is 0.237 e. The van der Waals surface area contributed by atoms with Gasteiger partial charge in [-0.3, -0.25) is 4.79 Å². The maximum Gasteiger partial charge on any atom is 0.237 e. The maximum absolute atomic E-state index is 11.6. The maximum atomic E-state index is 11.6. The second-order valence-electron chi connectivity index (χ2n) is 4.65. The summed E-state index contributed by atoms with van der Waals surface area (Å²) >= 11 is 0. The zero-order valence-corrected chi connectivity index (χ0v) is 14.4. The van der Waals surface area contributed by atoms with Gasteiger partial charge in [-0.2, -0.15) is 0 Å². The van der Waals surface area contributed by atoms with Gasteiger partial charge in [-0.05, 0) is 24.1 Å². The Bertz CT molecular complexity index is 580. The summed E-state index contributed by atoms with van der Waals surface area (Å²) in [5.41, 5.74) is 6.54. The zero-order valence-electron chi connectivity index (χ0n) is 12.8. The van der Waals surface area contributed by atoms with Gasteiger partial charge >= 0.3 is 0 Å². The largest absolute Gasteiger partial charge is 0.439 e. The van der Waals surface area contributed by atoms with Gasteiger partial charge in [0.05, 0.1) is 6.04 Å². The number of aromatic nitrogens is 1. The first-order valence-electron chi connectivity index (χ1n) is 6.90. The third-order valence-corrected chi connectivity index (χ3v) is 3.01. The van der Waals surface area contributed by atoms with Crippen LogP contribution in [0.5, 0.6) is 11.6 Å². The topological polar surface area (TPSA) is 77.2 Å². The molecule has 0 saturated heterocycles. The molecule has 23 heavy (non-hydrogen) atoms. The van der Waals surface area contributed by atoms with Crippen LogP contribution in [0, 0.1) is 0 Å². The molecular weight excluding hydrogens is 337 g/mol. The number of rotatable bonds is 6. The molecule has 5 nitrogen and oxygen atoms in total. The molecular formula is C16H21Cl2N3O2. The normalized spacial score (nSPS) is 10.7. The van der Waals surface area contributed by atoms with Crippen molar-refractivity contribution < 1.29 is 9.53 Å². The fourth-order valence-electron chi connectivity index (χ4n) is 1.69. The molecule has 0 aliphatic rings. The Morgan fingerprint density at radius 3 is 2.48 bits per heavy atom. The van der Waals surface area contributed by atoms with Crippen LogP contribution in [0.2, 0.25) is 0 Å². The monoisotopic (exact) mass is 357 g/mol. The van der Waals surface area contributed by atoms with Gasteiger partial charge in [0.2, 0.25) is 11.8 Å². The van der Waals surface area contributed by atoms with E-state index in [0.717, 1.165) is 11.3 Å². The molecule has 1 atom stereocenters. The summed E-state index contributed by atoms with van der Waals surface area (Å²) in [4.78, 5) is 15.8. The molecule has 0 saturated carbocycles. The first-order chi connectivity index (χ1) is 10.2. The molecule has 1 heterocycles. The molecule has 0 spiro atoms. The van der Waals surface area contributed by atoms with Crippen LogP contribution in [0.3, 0.4) is 0 Å². The fourth-order valence-corrected chi connectivity index (χ4v) is 1.69. The Balaban J connectivity index is 0.00000242. The quantitative estimate of drug-likeness (QED) is 0.832. The van der Waals surface area contributed by atoms with E-state index in [0.29, 0.717) is 18.8 Å². The highest BCUT2D eigenvalue weighted by atomic mass is 35.5. The van der Waals surface area contributed by atoms with Crippen LogP contribution in [-0.4, -0.2) is 16.9 Å². The number of nitrogens with one attached hydrogen (secondary N) is 1. The van der Waals surface area contributed by atoms with Crippen molar-refractivity contribution >= 4 is 30.7 Å². The van der Waals surface area contributed by atoms with E-state index >= 15 is 0 Å². The number of para-hydroxylation sites is 1. The molecule has 0 bridgehead atoms. The van der Waals surface area contributed by atoms with Gasteiger partial charge in [-0.25, -0.2) is 4.98 Å². The van der Waals surface area contributed by atoms with E-state index in [1.165, 1.54) is 0 Å². The first-order valence-corrected chi connectivity index (χ1v) is 6.90. The molecule has 126 valence electrons. The van der Waals surface area contributed by atoms with E-state index < -0.39 is 6.04 Å². The van der Waals surface area contributed by atoms with E-state index in [-0.39, 0.29) is 30.7 Å². The summed E-state index contributed by atoms with van der Waals surface area (Å²) in [7, 11) is 0. The number of hydrogen-bond donors (Lipinski definition) is 2. The zero-order chi connectivity index (χ0) is 15.1. The van der Waals surface area contributed by atoms with Crippen LogP contribution in [0.15, 0.2) is 48.7 Å². The van der Waals surface area contributed by atoms with Crippen LogP contribution in [-0.2, 0) is 11.3 Å². The minimum absolute atomic E-state index is 0. The molecule has 1 amide bonds. The van der Waals surface area contributed by atoms with Crippen molar-refractivity contribution in [1.82, 2.24) is 10.3 Å². The molecule has 0 radical (unpaired) electrons. The van der Waals surface area contributed by atoms with Crippen molar-refractivity contribution in [2.45, 2.75) is 25.9 Å². The Hall–Kier alpha value is -1.82. The van der Waals surface area contributed by atoms with E-state index in [1.807, 2.05) is 43.3 Å². The summed E-state index contributed by atoms with van der Waals surface area (Å²) in [5.74, 6) is 1.10. The number of ether oxygens (including phenoxy) is 1. The van der Waals surface area contributed by atoms with Crippen molar-refractivity contribution in [1.29, 1.82) is 0 Å². The number of amides is 1. The van der Waals surface area contributed by atoms with Crippen LogP contribution < -0.4 is 15.8 Å². The van der Waals surface area contributed by atoms with Crippen LogP contribution in [0.4, 0.5) is 0 Å². The number of carbonyl (C=O) groups excluding carboxylic acids is 1. The van der Waals surface area contributed by atoms with Gasteiger partial charge in [0.1, 0.15) is 5.75 Å². The standard InChI is InChI=1S/C16H19N3O2.2ClH/c1-2-14(17)16(20)19-11-12-8-9-15(18-10-12)21-13-6-4-3-5-7-13;;/h3-10,14H,2,11,17H2,1H3,(H,19,20);2*1H/t14-;;/m0../s1. The highest BCUT2D eigenvalue weighted by molar-refractivity contribution is 5.85. The van der Waals surface area contributed by atoms with Gasteiger partial charge in [-0.1, -0.05) is 31.2 Å². The minimum atomic E-state index is -0.460. The summed E-state index contributed by atoms with van der Waals surface area (Å²) in [6, 6.07) is 12.6. The Morgan fingerprint density at radius 2 is 1.91 bits per heavy atom. The second-order valence-corrected chi connectivity index (χ2v) is 4.65. The highest BCUT2D eigenvalue weighted by Gasteiger charge is 2.10. The molecule has 1 aromatic heterocycles. The van der Waals surface area contributed by atoms with Crippen LogP contribution >= 0.6 is 24.8 Å². The van der Waals surface area contributed by atoms with Gasteiger partial charge < -0.3 is 15.8 Å². The summed E-state index contributed by atoms with van der Waals surface area (Å²) in [6.07, 6.45) is 2.30. The van der Waals surface area contributed by atoms with E-state index in [1.54, 1.807) is 12.3 Å². The van der Waals surface area contributed by atoms with E-state index in [2.05, 4.69) is 10.3 Å². The average Bonchev–Trinajstić information content (AvgIpc) is 2.54. The van der Waals surface area contributed by atoms with Gasteiger partial charge in [-0.15, -0.1) is 24.8 Å². The fraction of sp³-hybridized carbons (Fsp3) is 0.250. The molecule has 0 aliphatic carbocycles. The van der Waals surface area contributed by atoms with Gasteiger partial charge in [0.15, 0.2) is 0 Å². The predicted molar refractivity (Wildman–Crippen MR) is 95.4 cm³/mol. The number of pyridine rings is 1. The lowest BCUT2D eigenvalue weighted by atomic mass is 10.2. The predicted octanol–water partition coefficient (Wildman–Crippen LogP) is 3.07. The van der Waals surface area contributed by atoms with Gasteiger partial charge in [0, 0.05) is 18.8 Å². The number of carbonyl (C=O) groups is 1. The third-order valence-electron chi connectivity index (χ3n) is 3.01. The number of halogens is 2. The number of hydrogen-bond acceptors (Lipinski definition) is 4. The molecule has 0 unspecified atom stereocenters. The number of nitrogens with two attached hydrogens (primary N) is 1. The van der Waals surface area contributed by atoms with Crippen LogP contribution in [0.1, 0.15) is 18.9 Å². The van der Waals surface area contributed by atoms with Crippen LogP contribution in [0.25, 0.3) is 0 Å². The average molecular weight is 358 g/mol. The highest BCUT2D eigenvalue weighted by Crippen LogP contribution is 2.18. The van der Waals surface area contributed by atoms with Crippen molar-refractivity contribution in [3.8, 4) is 11.6 Å². The van der Waals surface area contributed by atoms with E-state index in [9.17, 15) is 4.79 Å². The SMILES string of the molecule is CC[C@H](N)C(=O)NCc1ccc(Oc2ccccc2)nc1.Cl.Cl. The molecule has 2 aromatic rings. The minimum Gasteiger partial charge on any atom is -0.439 e. The summed E-state index contributed by atoms with van der Waals surface area (Å²) < 4.78 is 5.60. The molecule has 0 fully saturated rings. The van der Waals surface area contributed by atoms with Gasteiger partial charge in [0.25, 0.3) is 0 Å². The number of benzene rings is 1. The van der Waals surface area contributed by atoms with Crippen molar-refractivity contribution in [2.24, 2.45) is 5.73 Å². The Kier molecular flexibility index (Phi) is 9.97. The molecule has 7 heteroatoms. The Labute approximate surface area is 148 Å². The number of nitrogens with zero attached hydrogens (tertiary/aromatic N) is 1. The Morgan fingerprint density at radius 1 is 1.22 bits per heavy atom. The van der Waals surface area contributed by atoms with Crippen molar-refractivity contribution in [3.05, 3.63) is 54.2 Å². The molecule has 3 N–H and O–H groups in total. The van der Waals surface area contributed by atoms with Crippen molar-refractivity contribution in [3.63, 3.8) is 0 Å². The van der Waals surface area contributed by atoms with Crippen molar-refractivity contribution in [2.75, 3.05) is 0 Å². The summed E-state index contributed by atoms with van der Waals surface area (Å²) in [5, 5.41) is 2.77. The molecule has 0 aliphatic heterocycles. The second kappa shape index (κ2) is 10.8. The summed E-state index contributed by atoms with van der Waals surface area (Å²) in [6.45, 7) is 2.28. The third kappa shape index (κ3) is 6.86. The van der Waals surface area contributed by atoms with E-state index in [4.69, 9.17) is 10.5 Å². The first kappa shape index (κ1) is 21.2. The molecule has 2 rings (SSSR count). The lowest BCUT2D eigenvalue weighted by molar-refractivity contribution is -0.122. The molecule has 1 aromatic carbocycles. The lowest BCUT2D eigenvalue weighted by Gasteiger charge is -2.10.